The van der Waals surface area contributed by atoms with E-state index in [0.29, 0.717) is 23.5 Å². The highest BCUT2D eigenvalue weighted by Gasteiger charge is 2.40. The Morgan fingerprint density at radius 3 is 2.59 bits per heavy atom. The molecule has 0 aliphatic carbocycles. The van der Waals surface area contributed by atoms with Crippen LogP contribution < -0.4 is 4.74 Å². The lowest BCUT2D eigenvalue weighted by Gasteiger charge is -2.47. The number of phenols is 1. The average Bonchev–Trinajstić information content (AvgIpc) is 2.65. The van der Waals surface area contributed by atoms with Gasteiger partial charge in [0.1, 0.15) is 0 Å². The predicted molar refractivity (Wildman–Crippen MR) is 106 cm³/mol. The maximum absolute atomic E-state index is 12.3. The molecular weight excluding hydrogens is 342 g/mol. The van der Waals surface area contributed by atoms with Gasteiger partial charge in [-0.1, -0.05) is 6.07 Å². The lowest BCUT2D eigenvalue weighted by atomic mass is 9.72. The fourth-order valence-corrected chi connectivity index (χ4v) is 4.31. The number of hydrogen-bond donors (Lipinski definition) is 1. The second kappa shape index (κ2) is 8.48. The van der Waals surface area contributed by atoms with Crippen molar-refractivity contribution in [3.8, 4) is 11.5 Å². The third-order valence-electron chi connectivity index (χ3n) is 6.13. The van der Waals surface area contributed by atoms with Crippen LogP contribution in [0.4, 0.5) is 0 Å². The summed E-state index contributed by atoms with van der Waals surface area (Å²) >= 11 is 0. The number of ether oxygens (including phenoxy) is 1. The topological polar surface area (TPSA) is 56.2 Å². The van der Waals surface area contributed by atoms with Gasteiger partial charge in [0.2, 0.25) is 5.91 Å². The standard InChI is InChI=1S/C21H33N3O3/c1-22(2)12-13-24-16-21(7-6-20(24)26)8-10-23(11-9-21)15-17-4-5-19(27-3)18(25)14-17/h4-5,14,25H,6-13,15-16H2,1-3H3. The molecule has 1 N–H and O–H groups in total. The molecule has 2 aliphatic rings. The second-order valence-corrected chi connectivity index (χ2v) is 8.40. The van der Waals surface area contributed by atoms with Crippen LogP contribution in [-0.2, 0) is 11.3 Å². The van der Waals surface area contributed by atoms with Crippen molar-refractivity contribution in [3.63, 3.8) is 0 Å². The molecule has 2 heterocycles. The van der Waals surface area contributed by atoms with Crippen molar-refractivity contribution in [2.45, 2.75) is 32.2 Å². The first-order chi connectivity index (χ1) is 12.9. The highest BCUT2D eigenvalue weighted by molar-refractivity contribution is 5.77. The third kappa shape index (κ3) is 4.93. The molecule has 2 aliphatic heterocycles. The molecule has 2 fully saturated rings. The van der Waals surface area contributed by atoms with Gasteiger partial charge in [0.15, 0.2) is 11.5 Å². The number of likely N-dealkylation sites (N-methyl/N-ethyl adjacent to an activating group) is 1. The molecule has 150 valence electrons. The van der Waals surface area contributed by atoms with Crippen LogP contribution >= 0.6 is 0 Å². The number of phenolic OH excluding ortho intramolecular Hbond substituents is 1. The zero-order chi connectivity index (χ0) is 19.4. The number of benzene rings is 1. The molecule has 0 radical (unpaired) electrons. The van der Waals surface area contributed by atoms with E-state index >= 15 is 0 Å². The Morgan fingerprint density at radius 2 is 1.96 bits per heavy atom. The zero-order valence-corrected chi connectivity index (χ0v) is 16.9. The van der Waals surface area contributed by atoms with Crippen LogP contribution in [-0.4, -0.2) is 79.6 Å². The first kappa shape index (κ1) is 20.0. The van der Waals surface area contributed by atoms with Gasteiger partial charge in [-0.25, -0.2) is 0 Å². The molecule has 1 aromatic rings. The van der Waals surface area contributed by atoms with Crippen LogP contribution in [0.5, 0.6) is 11.5 Å². The van der Waals surface area contributed by atoms with E-state index in [1.807, 2.05) is 12.1 Å². The largest absolute Gasteiger partial charge is 0.504 e. The summed E-state index contributed by atoms with van der Waals surface area (Å²) in [6.07, 6.45) is 4.00. The fourth-order valence-electron chi connectivity index (χ4n) is 4.31. The quantitative estimate of drug-likeness (QED) is 0.826. The van der Waals surface area contributed by atoms with Gasteiger partial charge in [0, 0.05) is 32.6 Å². The lowest BCUT2D eigenvalue weighted by Crippen LogP contribution is -2.52. The van der Waals surface area contributed by atoms with E-state index in [1.165, 1.54) is 0 Å². The van der Waals surface area contributed by atoms with E-state index in [4.69, 9.17) is 4.74 Å². The van der Waals surface area contributed by atoms with Gasteiger partial charge in [0.25, 0.3) is 0 Å². The Labute approximate surface area is 162 Å². The number of carbonyl (C=O) groups excluding carboxylic acids is 1. The monoisotopic (exact) mass is 375 g/mol. The van der Waals surface area contributed by atoms with Gasteiger partial charge in [-0.3, -0.25) is 9.69 Å². The van der Waals surface area contributed by atoms with Crippen LogP contribution in [0.1, 0.15) is 31.2 Å². The summed E-state index contributed by atoms with van der Waals surface area (Å²) in [6, 6.07) is 5.64. The summed E-state index contributed by atoms with van der Waals surface area (Å²) < 4.78 is 5.12. The number of likely N-dealkylation sites (tertiary alicyclic amines) is 2. The van der Waals surface area contributed by atoms with Crippen LogP contribution in [0.15, 0.2) is 18.2 Å². The van der Waals surface area contributed by atoms with Crippen molar-refractivity contribution in [2.24, 2.45) is 5.41 Å². The first-order valence-corrected chi connectivity index (χ1v) is 9.91. The average molecular weight is 376 g/mol. The molecular formula is C21H33N3O3. The normalized spacial score (nSPS) is 20.4. The van der Waals surface area contributed by atoms with E-state index in [0.717, 1.165) is 64.1 Å². The molecule has 6 nitrogen and oxygen atoms in total. The molecule has 0 unspecified atom stereocenters. The zero-order valence-electron chi connectivity index (χ0n) is 16.9. The van der Waals surface area contributed by atoms with Crippen molar-refractivity contribution in [1.82, 2.24) is 14.7 Å². The highest BCUT2D eigenvalue weighted by Crippen LogP contribution is 2.40. The van der Waals surface area contributed by atoms with Gasteiger partial charge < -0.3 is 19.6 Å². The first-order valence-electron chi connectivity index (χ1n) is 9.91. The maximum Gasteiger partial charge on any atom is 0.222 e. The molecule has 0 saturated carbocycles. The Bertz CT molecular complexity index is 654. The Hall–Kier alpha value is -1.79. The number of hydrogen-bond acceptors (Lipinski definition) is 5. The van der Waals surface area contributed by atoms with Crippen molar-refractivity contribution < 1.29 is 14.6 Å². The van der Waals surface area contributed by atoms with Crippen molar-refractivity contribution in [2.75, 3.05) is 53.9 Å². The molecule has 1 spiro atoms. The fraction of sp³-hybridized carbons (Fsp3) is 0.667. The molecule has 1 amide bonds. The molecule has 0 bridgehead atoms. The predicted octanol–water partition coefficient (Wildman–Crippen LogP) is 2.17. The summed E-state index contributed by atoms with van der Waals surface area (Å²) in [4.78, 5) is 19.0. The minimum Gasteiger partial charge on any atom is -0.504 e. The summed E-state index contributed by atoms with van der Waals surface area (Å²) in [6.45, 7) is 5.61. The van der Waals surface area contributed by atoms with Gasteiger partial charge in [0.05, 0.1) is 7.11 Å². The second-order valence-electron chi connectivity index (χ2n) is 8.40. The van der Waals surface area contributed by atoms with Crippen LogP contribution in [0.3, 0.4) is 0 Å². The van der Waals surface area contributed by atoms with Gasteiger partial charge >= 0.3 is 0 Å². The van der Waals surface area contributed by atoms with Gasteiger partial charge in [-0.2, -0.15) is 0 Å². The number of nitrogens with zero attached hydrogens (tertiary/aromatic N) is 3. The number of piperidine rings is 2. The van der Waals surface area contributed by atoms with E-state index in [2.05, 4.69) is 28.8 Å². The summed E-state index contributed by atoms with van der Waals surface area (Å²) in [7, 11) is 5.68. The Kier molecular flexibility index (Phi) is 6.27. The molecule has 2 saturated heterocycles. The number of methoxy groups -OCH3 is 1. The van der Waals surface area contributed by atoms with E-state index in [9.17, 15) is 9.90 Å². The summed E-state index contributed by atoms with van der Waals surface area (Å²) in [5.41, 5.74) is 1.40. The summed E-state index contributed by atoms with van der Waals surface area (Å²) in [5, 5.41) is 9.98. The van der Waals surface area contributed by atoms with Crippen molar-refractivity contribution >= 4 is 5.91 Å². The number of aromatic hydroxyl groups is 1. The van der Waals surface area contributed by atoms with Gasteiger partial charge in [-0.15, -0.1) is 0 Å². The van der Waals surface area contributed by atoms with Crippen LogP contribution in [0.25, 0.3) is 0 Å². The van der Waals surface area contributed by atoms with E-state index in [-0.39, 0.29) is 5.75 Å². The third-order valence-corrected chi connectivity index (χ3v) is 6.13. The molecule has 0 atom stereocenters. The lowest BCUT2D eigenvalue weighted by molar-refractivity contribution is -0.139. The van der Waals surface area contributed by atoms with Gasteiger partial charge in [-0.05, 0) is 69.6 Å². The molecule has 27 heavy (non-hydrogen) atoms. The smallest absolute Gasteiger partial charge is 0.222 e. The highest BCUT2D eigenvalue weighted by atomic mass is 16.5. The minimum absolute atomic E-state index is 0.200. The Balaban J connectivity index is 1.54. The van der Waals surface area contributed by atoms with Crippen molar-refractivity contribution in [1.29, 1.82) is 0 Å². The van der Waals surface area contributed by atoms with Crippen LogP contribution in [0.2, 0.25) is 0 Å². The minimum atomic E-state index is 0.200. The summed E-state index contributed by atoms with van der Waals surface area (Å²) in [5.74, 6) is 1.03. The van der Waals surface area contributed by atoms with Crippen molar-refractivity contribution in [3.05, 3.63) is 23.8 Å². The van der Waals surface area contributed by atoms with E-state index < -0.39 is 0 Å². The molecule has 3 rings (SSSR count). The maximum atomic E-state index is 12.3. The number of carbonyl (C=O) groups is 1. The number of rotatable bonds is 6. The molecule has 6 heteroatoms. The Morgan fingerprint density at radius 1 is 1.22 bits per heavy atom. The SMILES string of the molecule is COc1ccc(CN2CCC3(CCC(=O)N(CCN(C)C)C3)CC2)cc1O. The van der Waals surface area contributed by atoms with Crippen LogP contribution in [0, 0.1) is 5.41 Å². The molecule has 1 aromatic carbocycles. The molecule has 0 aromatic heterocycles. The van der Waals surface area contributed by atoms with E-state index in [1.54, 1.807) is 13.2 Å². The number of amides is 1.